The number of methoxy groups -OCH3 is 2. The summed E-state index contributed by atoms with van der Waals surface area (Å²) < 4.78 is 10.6. The lowest BCUT2D eigenvalue weighted by Crippen LogP contribution is -2.34. The Hall–Kier alpha value is -3.62. The van der Waals surface area contributed by atoms with Crippen LogP contribution >= 0.6 is 0 Å². The molecular formula is C19H20N6O3. The number of aromatic amines is 1. The second kappa shape index (κ2) is 7.55. The van der Waals surface area contributed by atoms with E-state index in [1.54, 1.807) is 30.6 Å². The number of nitrogens with zero attached hydrogens (tertiary/aromatic N) is 4. The molecule has 0 bridgehead atoms. The zero-order valence-corrected chi connectivity index (χ0v) is 15.5. The first-order valence-corrected chi connectivity index (χ1v) is 8.81. The first-order valence-electron chi connectivity index (χ1n) is 8.81. The summed E-state index contributed by atoms with van der Waals surface area (Å²) >= 11 is 0. The summed E-state index contributed by atoms with van der Waals surface area (Å²) in [5.41, 5.74) is 2.16. The van der Waals surface area contributed by atoms with Gasteiger partial charge in [0.05, 0.1) is 26.6 Å². The molecule has 9 nitrogen and oxygen atoms in total. The molecule has 1 amide bonds. The van der Waals surface area contributed by atoms with Gasteiger partial charge in [0.2, 0.25) is 5.88 Å². The minimum Gasteiger partial charge on any atom is -0.497 e. The summed E-state index contributed by atoms with van der Waals surface area (Å²) in [7, 11) is 3.14. The minimum absolute atomic E-state index is 0.0600. The number of benzene rings is 1. The number of H-pyrrole nitrogens is 1. The second-order valence-electron chi connectivity index (χ2n) is 6.28. The molecule has 3 heterocycles. The van der Waals surface area contributed by atoms with E-state index < -0.39 is 0 Å². The maximum absolute atomic E-state index is 12.9. The van der Waals surface area contributed by atoms with Gasteiger partial charge in [0.15, 0.2) is 5.82 Å². The number of aromatic nitrogens is 4. The Labute approximate surface area is 161 Å². The summed E-state index contributed by atoms with van der Waals surface area (Å²) in [5, 5.41) is 9.92. The Morgan fingerprint density at radius 2 is 2.14 bits per heavy atom. The summed E-state index contributed by atoms with van der Waals surface area (Å²) in [5.74, 6) is 1.48. The Bertz CT molecular complexity index is 976. The topological polar surface area (TPSA) is 105 Å². The number of rotatable bonds is 6. The van der Waals surface area contributed by atoms with Gasteiger partial charge in [0.1, 0.15) is 17.5 Å². The quantitative estimate of drug-likeness (QED) is 0.675. The van der Waals surface area contributed by atoms with Gasteiger partial charge in [-0.3, -0.25) is 14.8 Å². The first-order chi connectivity index (χ1) is 13.7. The molecule has 0 spiro atoms. The van der Waals surface area contributed by atoms with Gasteiger partial charge in [0, 0.05) is 30.1 Å². The van der Waals surface area contributed by atoms with E-state index in [1.165, 1.54) is 7.11 Å². The molecule has 0 aliphatic carbocycles. The van der Waals surface area contributed by atoms with Crippen molar-refractivity contribution < 1.29 is 14.3 Å². The predicted octanol–water partition coefficient (Wildman–Crippen LogP) is 2.10. The highest BCUT2D eigenvalue weighted by molar-refractivity contribution is 6.00. The zero-order chi connectivity index (χ0) is 19.5. The van der Waals surface area contributed by atoms with Crippen LogP contribution < -0.4 is 19.7 Å². The Kier molecular flexibility index (Phi) is 4.79. The molecule has 4 rings (SSSR count). The third-order valence-electron chi connectivity index (χ3n) is 4.59. The van der Waals surface area contributed by atoms with E-state index >= 15 is 0 Å². The van der Waals surface area contributed by atoms with Crippen molar-refractivity contribution in [1.29, 1.82) is 0 Å². The van der Waals surface area contributed by atoms with Crippen LogP contribution in [0.4, 0.5) is 11.5 Å². The molecule has 1 saturated heterocycles. The number of carbonyl (C=O) groups excluding carboxylic acids is 1. The van der Waals surface area contributed by atoms with Crippen LogP contribution in [0.5, 0.6) is 11.6 Å². The molecule has 1 aliphatic rings. The predicted molar refractivity (Wildman–Crippen MR) is 104 cm³/mol. The van der Waals surface area contributed by atoms with Crippen molar-refractivity contribution in [2.45, 2.75) is 12.5 Å². The van der Waals surface area contributed by atoms with Crippen molar-refractivity contribution in [3.05, 3.63) is 42.9 Å². The van der Waals surface area contributed by atoms with Crippen LogP contribution in [0.3, 0.4) is 0 Å². The van der Waals surface area contributed by atoms with Gasteiger partial charge >= 0.3 is 0 Å². The van der Waals surface area contributed by atoms with E-state index in [4.69, 9.17) is 9.47 Å². The molecule has 144 valence electrons. The summed E-state index contributed by atoms with van der Waals surface area (Å²) in [6.45, 7) is 0.545. The number of hydrogen-bond donors (Lipinski definition) is 2. The van der Waals surface area contributed by atoms with Crippen molar-refractivity contribution in [2.24, 2.45) is 0 Å². The van der Waals surface area contributed by atoms with E-state index in [9.17, 15) is 4.79 Å². The van der Waals surface area contributed by atoms with Gasteiger partial charge in [-0.25, -0.2) is 4.98 Å². The van der Waals surface area contributed by atoms with Crippen molar-refractivity contribution in [3.8, 4) is 22.9 Å². The molecule has 3 aromatic rings. The highest BCUT2D eigenvalue weighted by atomic mass is 16.5. The highest BCUT2D eigenvalue weighted by Gasteiger charge is 2.34. The van der Waals surface area contributed by atoms with Crippen LogP contribution in [0.2, 0.25) is 0 Å². The van der Waals surface area contributed by atoms with Gasteiger partial charge in [-0.15, -0.1) is 0 Å². The summed E-state index contributed by atoms with van der Waals surface area (Å²) in [6.07, 6.45) is 5.59. The fraction of sp³-hybridized carbons (Fsp3) is 0.263. The molecule has 1 atom stereocenters. The minimum atomic E-state index is -0.339. The fourth-order valence-electron chi connectivity index (χ4n) is 3.17. The van der Waals surface area contributed by atoms with E-state index in [0.717, 1.165) is 17.0 Å². The van der Waals surface area contributed by atoms with E-state index in [2.05, 4.69) is 25.5 Å². The number of amides is 1. The van der Waals surface area contributed by atoms with Crippen LogP contribution in [0.1, 0.15) is 6.42 Å². The molecule has 28 heavy (non-hydrogen) atoms. The summed E-state index contributed by atoms with van der Waals surface area (Å²) in [6, 6.07) is 7.16. The maximum atomic E-state index is 12.9. The van der Waals surface area contributed by atoms with Crippen LogP contribution in [-0.2, 0) is 4.79 Å². The van der Waals surface area contributed by atoms with Crippen molar-refractivity contribution in [2.75, 3.05) is 31.0 Å². The number of nitrogens with one attached hydrogen (secondary N) is 2. The fourth-order valence-corrected chi connectivity index (χ4v) is 3.17. The Morgan fingerprint density at radius 3 is 2.89 bits per heavy atom. The lowest BCUT2D eigenvalue weighted by atomic mass is 10.2. The largest absolute Gasteiger partial charge is 0.497 e. The van der Waals surface area contributed by atoms with Crippen molar-refractivity contribution in [3.63, 3.8) is 0 Å². The van der Waals surface area contributed by atoms with Crippen LogP contribution in [-0.4, -0.2) is 52.9 Å². The molecule has 1 aromatic carbocycles. The van der Waals surface area contributed by atoms with E-state index in [1.807, 2.05) is 24.3 Å². The SMILES string of the molecule is COc1cccc(NC2CCN(c3cnc(-c4cn[nH]c4)c(OC)n3)C2=O)c1. The Morgan fingerprint density at radius 1 is 1.25 bits per heavy atom. The average molecular weight is 380 g/mol. The lowest BCUT2D eigenvalue weighted by molar-refractivity contribution is -0.117. The molecule has 1 aliphatic heterocycles. The van der Waals surface area contributed by atoms with Gasteiger partial charge in [-0.2, -0.15) is 10.1 Å². The van der Waals surface area contributed by atoms with Gasteiger partial charge in [-0.05, 0) is 18.6 Å². The van der Waals surface area contributed by atoms with E-state index in [0.29, 0.717) is 30.4 Å². The van der Waals surface area contributed by atoms with Crippen LogP contribution in [0.25, 0.3) is 11.3 Å². The maximum Gasteiger partial charge on any atom is 0.250 e. The molecule has 1 unspecified atom stereocenters. The standard InChI is InChI=1S/C19H20N6O3/c1-27-14-5-3-4-13(8-14)23-15-6-7-25(19(15)26)16-11-20-17(18(24-16)28-2)12-9-21-22-10-12/h3-5,8-11,15,23H,6-7H2,1-2H3,(H,21,22). The smallest absolute Gasteiger partial charge is 0.250 e. The molecule has 1 fully saturated rings. The molecule has 0 radical (unpaired) electrons. The zero-order valence-electron chi connectivity index (χ0n) is 15.5. The van der Waals surface area contributed by atoms with Crippen molar-refractivity contribution in [1.82, 2.24) is 20.2 Å². The number of carbonyl (C=O) groups is 1. The molecule has 0 saturated carbocycles. The van der Waals surface area contributed by atoms with Crippen LogP contribution in [0, 0.1) is 0 Å². The monoisotopic (exact) mass is 380 g/mol. The number of anilines is 2. The molecule has 9 heteroatoms. The lowest BCUT2D eigenvalue weighted by Gasteiger charge is -2.18. The van der Waals surface area contributed by atoms with Crippen molar-refractivity contribution >= 4 is 17.4 Å². The van der Waals surface area contributed by atoms with E-state index in [-0.39, 0.29) is 11.9 Å². The second-order valence-corrected chi connectivity index (χ2v) is 6.28. The van der Waals surface area contributed by atoms with Gasteiger partial charge in [0.25, 0.3) is 5.91 Å². The number of hydrogen-bond acceptors (Lipinski definition) is 7. The molecule has 2 aromatic heterocycles. The molecule has 2 N–H and O–H groups in total. The third kappa shape index (κ3) is 3.34. The number of ether oxygens (including phenoxy) is 2. The third-order valence-corrected chi connectivity index (χ3v) is 4.59. The van der Waals surface area contributed by atoms with Crippen LogP contribution in [0.15, 0.2) is 42.9 Å². The van der Waals surface area contributed by atoms with Gasteiger partial charge in [-0.1, -0.05) is 6.07 Å². The normalized spacial score (nSPS) is 16.3. The summed E-state index contributed by atoms with van der Waals surface area (Å²) in [4.78, 5) is 23.4. The Balaban J connectivity index is 1.53. The first kappa shape index (κ1) is 17.8. The molecular weight excluding hydrogens is 360 g/mol. The van der Waals surface area contributed by atoms with Gasteiger partial charge < -0.3 is 14.8 Å². The average Bonchev–Trinajstić information content (AvgIpc) is 3.38. The highest BCUT2D eigenvalue weighted by Crippen LogP contribution is 2.29.